The number of hydrogen-bond acceptors (Lipinski definition) is 3. The van der Waals surface area contributed by atoms with E-state index in [1.54, 1.807) is 0 Å². The summed E-state index contributed by atoms with van der Waals surface area (Å²) in [5, 5.41) is 0. The van der Waals surface area contributed by atoms with Crippen LogP contribution in [0.3, 0.4) is 0 Å². The van der Waals surface area contributed by atoms with Gasteiger partial charge in [0.25, 0.3) is 0 Å². The lowest BCUT2D eigenvalue weighted by Gasteiger charge is -2.51. The van der Waals surface area contributed by atoms with Gasteiger partial charge in [-0.25, -0.2) is 4.39 Å². The van der Waals surface area contributed by atoms with Crippen molar-refractivity contribution in [2.75, 3.05) is 26.3 Å². The van der Waals surface area contributed by atoms with Gasteiger partial charge in [0.05, 0.1) is 18.8 Å². The second-order valence-electron chi connectivity index (χ2n) is 8.18. The Hall–Kier alpha value is -1.75. The van der Waals surface area contributed by atoms with Gasteiger partial charge in [-0.3, -0.25) is 9.80 Å². The average Bonchev–Trinajstić information content (AvgIpc) is 2.67. The van der Waals surface area contributed by atoms with Crippen LogP contribution >= 0.6 is 0 Å². The normalized spacial score (nSPS) is 25.3. The van der Waals surface area contributed by atoms with Crippen LogP contribution in [0.5, 0.6) is 0 Å². The van der Waals surface area contributed by atoms with Crippen molar-refractivity contribution in [3.8, 4) is 0 Å². The highest BCUT2D eigenvalue weighted by Gasteiger charge is 2.44. The zero-order valence-corrected chi connectivity index (χ0v) is 16.1. The molecule has 2 atom stereocenters. The van der Waals surface area contributed by atoms with E-state index in [9.17, 15) is 0 Å². The first-order chi connectivity index (χ1) is 13.1. The van der Waals surface area contributed by atoms with E-state index in [1.807, 2.05) is 12.1 Å². The smallest absolute Gasteiger partial charge is 0.128 e. The quantitative estimate of drug-likeness (QED) is 0.769. The summed E-state index contributed by atoms with van der Waals surface area (Å²) in [5.41, 5.74) is 2.50. The second kappa shape index (κ2) is 8.09. The van der Waals surface area contributed by atoms with E-state index in [1.165, 1.54) is 11.1 Å². The van der Waals surface area contributed by atoms with Crippen molar-refractivity contribution in [3.05, 3.63) is 71.8 Å². The molecule has 2 saturated heterocycles. The summed E-state index contributed by atoms with van der Waals surface area (Å²) in [5.74, 6) is 0. The van der Waals surface area contributed by atoms with Gasteiger partial charge >= 0.3 is 0 Å². The van der Waals surface area contributed by atoms with E-state index in [2.05, 4.69) is 65.3 Å². The maximum absolute atomic E-state index is 15.3. The minimum absolute atomic E-state index is 0.0268. The van der Waals surface area contributed by atoms with E-state index in [-0.39, 0.29) is 11.6 Å². The second-order valence-corrected chi connectivity index (χ2v) is 8.18. The Labute approximate surface area is 161 Å². The minimum atomic E-state index is -0.844. The van der Waals surface area contributed by atoms with Crippen LogP contribution < -0.4 is 0 Å². The Bertz CT molecular complexity index is 678. The van der Waals surface area contributed by atoms with Gasteiger partial charge in [0.2, 0.25) is 0 Å². The van der Waals surface area contributed by atoms with Gasteiger partial charge in [-0.15, -0.1) is 0 Å². The summed E-state index contributed by atoms with van der Waals surface area (Å²) in [6.45, 7) is 6.64. The van der Waals surface area contributed by atoms with Crippen LogP contribution in [0.4, 0.5) is 4.39 Å². The topological polar surface area (TPSA) is 15.7 Å². The lowest BCUT2D eigenvalue weighted by atomic mass is 9.91. The lowest BCUT2D eigenvalue weighted by molar-refractivity contribution is -0.148. The minimum Gasteiger partial charge on any atom is -0.377 e. The fourth-order valence-electron chi connectivity index (χ4n) is 4.30. The first-order valence-corrected chi connectivity index (χ1v) is 9.93. The molecule has 2 aliphatic heterocycles. The number of alkyl halides is 1. The Balaban J connectivity index is 1.49. The van der Waals surface area contributed by atoms with E-state index in [0.29, 0.717) is 6.54 Å². The van der Waals surface area contributed by atoms with Gasteiger partial charge in [-0.05, 0) is 24.5 Å². The van der Waals surface area contributed by atoms with Gasteiger partial charge in [0, 0.05) is 32.2 Å². The van der Waals surface area contributed by atoms with E-state index in [4.69, 9.17) is 4.74 Å². The van der Waals surface area contributed by atoms with Gasteiger partial charge in [-0.1, -0.05) is 60.7 Å². The standard InChI is InChI=1S/C23H29FN2O/c1-23(17-27-18-23)26-13-12-22(21(24)16-26)25(14-19-8-4-2-5-9-19)15-20-10-6-3-7-11-20/h2-11,21-22H,12-18H2,1H3/t21-,22+/m0/s1. The van der Waals surface area contributed by atoms with Crippen molar-refractivity contribution in [2.24, 2.45) is 0 Å². The number of benzene rings is 2. The molecule has 0 spiro atoms. The molecule has 2 heterocycles. The SMILES string of the molecule is CC1(N2CC[C@@H](N(Cc3ccccc3)Cc3ccccc3)[C@@H](F)C2)COC1. The van der Waals surface area contributed by atoms with Crippen LogP contribution in [0.25, 0.3) is 0 Å². The highest BCUT2D eigenvalue weighted by molar-refractivity contribution is 5.18. The van der Waals surface area contributed by atoms with Crippen molar-refractivity contribution in [1.82, 2.24) is 9.80 Å². The first-order valence-electron chi connectivity index (χ1n) is 9.93. The third kappa shape index (κ3) is 4.23. The monoisotopic (exact) mass is 368 g/mol. The number of halogens is 1. The molecule has 2 fully saturated rings. The highest BCUT2D eigenvalue weighted by Crippen LogP contribution is 2.31. The predicted octanol–water partition coefficient (Wildman–Crippen LogP) is 3.89. The van der Waals surface area contributed by atoms with Crippen LogP contribution in [0, 0.1) is 0 Å². The molecule has 0 amide bonds. The summed E-state index contributed by atoms with van der Waals surface area (Å²) in [6, 6.07) is 20.8. The zero-order chi connectivity index (χ0) is 18.7. The largest absolute Gasteiger partial charge is 0.377 e. The molecule has 4 heteroatoms. The van der Waals surface area contributed by atoms with Crippen molar-refractivity contribution >= 4 is 0 Å². The van der Waals surface area contributed by atoms with Gasteiger partial charge in [0.1, 0.15) is 6.17 Å². The molecule has 0 N–H and O–H groups in total. The Morgan fingerprint density at radius 1 is 1.00 bits per heavy atom. The van der Waals surface area contributed by atoms with Crippen molar-refractivity contribution in [1.29, 1.82) is 0 Å². The molecule has 4 rings (SSSR count). The molecule has 144 valence electrons. The number of ether oxygens (including phenoxy) is 1. The molecule has 0 aromatic heterocycles. The first kappa shape index (κ1) is 18.6. The third-order valence-corrected chi connectivity index (χ3v) is 6.02. The molecular weight excluding hydrogens is 339 g/mol. The molecule has 2 aromatic carbocycles. The molecule has 0 bridgehead atoms. The molecule has 0 aliphatic carbocycles. The maximum atomic E-state index is 15.3. The van der Waals surface area contributed by atoms with Crippen LogP contribution in [-0.2, 0) is 17.8 Å². The molecule has 0 saturated carbocycles. The molecule has 0 unspecified atom stereocenters. The summed E-state index contributed by atoms with van der Waals surface area (Å²) in [7, 11) is 0. The van der Waals surface area contributed by atoms with Gasteiger partial charge in [-0.2, -0.15) is 0 Å². The Kier molecular flexibility index (Phi) is 5.58. The number of likely N-dealkylation sites (tertiary alicyclic amines) is 1. The van der Waals surface area contributed by atoms with E-state index < -0.39 is 6.17 Å². The van der Waals surface area contributed by atoms with Gasteiger partial charge < -0.3 is 4.74 Å². The molecular formula is C23H29FN2O. The predicted molar refractivity (Wildman–Crippen MR) is 106 cm³/mol. The fourth-order valence-corrected chi connectivity index (χ4v) is 4.30. The van der Waals surface area contributed by atoms with Crippen molar-refractivity contribution in [3.63, 3.8) is 0 Å². The number of hydrogen-bond donors (Lipinski definition) is 0. The summed E-state index contributed by atoms with van der Waals surface area (Å²) >= 11 is 0. The van der Waals surface area contributed by atoms with Gasteiger partial charge in [0.15, 0.2) is 0 Å². The maximum Gasteiger partial charge on any atom is 0.128 e. The van der Waals surface area contributed by atoms with Crippen LogP contribution in [-0.4, -0.2) is 53.9 Å². The molecule has 27 heavy (non-hydrogen) atoms. The fraction of sp³-hybridized carbons (Fsp3) is 0.478. The number of piperidine rings is 1. The van der Waals surface area contributed by atoms with E-state index >= 15 is 4.39 Å². The molecule has 0 radical (unpaired) electrons. The molecule has 2 aromatic rings. The highest BCUT2D eigenvalue weighted by atomic mass is 19.1. The molecule has 2 aliphatic rings. The lowest BCUT2D eigenvalue weighted by Crippen LogP contribution is -2.65. The number of nitrogens with zero attached hydrogens (tertiary/aromatic N) is 2. The van der Waals surface area contributed by atoms with E-state index in [0.717, 1.165) is 39.3 Å². The molecule has 3 nitrogen and oxygen atoms in total. The van der Waals surface area contributed by atoms with Crippen molar-refractivity contribution in [2.45, 2.75) is 44.2 Å². The third-order valence-electron chi connectivity index (χ3n) is 6.02. The number of rotatable bonds is 6. The average molecular weight is 368 g/mol. The van der Waals surface area contributed by atoms with Crippen LogP contribution in [0.2, 0.25) is 0 Å². The van der Waals surface area contributed by atoms with Crippen molar-refractivity contribution < 1.29 is 9.13 Å². The zero-order valence-electron chi connectivity index (χ0n) is 16.1. The Morgan fingerprint density at radius 3 is 2.00 bits per heavy atom. The van der Waals surface area contributed by atoms with Crippen LogP contribution in [0.1, 0.15) is 24.5 Å². The Morgan fingerprint density at radius 2 is 1.56 bits per heavy atom. The van der Waals surface area contributed by atoms with Crippen LogP contribution in [0.15, 0.2) is 60.7 Å². The summed E-state index contributed by atoms with van der Waals surface area (Å²) in [4.78, 5) is 4.62. The summed E-state index contributed by atoms with van der Waals surface area (Å²) in [6.07, 6.45) is 0.0137. The summed E-state index contributed by atoms with van der Waals surface area (Å²) < 4.78 is 20.7.